The van der Waals surface area contributed by atoms with Crippen molar-refractivity contribution in [1.82, 2.24) is 73.3 Å². The van der Waals surface area contributed by atoms with Crippen LogP contribution in [-0.4, -0.2) is 272 Å². The maximum Gasteiger partial charge on any atom is 0.327 e. The van der Waals surface area contributed by atoms with E-state index in [1.54, 1.807) is 128 Å². The second kappa shape index (κ2) is 51.4. The molecule has 0 saturated carbocycles. The molecule has 14 amide bonds. The second-order valence-electron chi connectivity index (χ2n) is 28.5. The van der Waals surface area contributed by atoms with Gasteiger partial charge in [0.15, 0.2) is 0 Å². The Morgan fingerprint density at radius 1 is 0.450 bits per heavy atom. The molecule has 15 atom stereocenters. The summed E-state index contributed by atoms with van der Waals surface area (Å²) < 4.78 is 0. The number of aliphatic hydroxyl groups excluding tert-OH is 3. The lowest BCUT2D eigenvalue weighted by Gasteiger charge is -2.36. The number of fused-ring (bicyclic) bond motifs is 1. The highest BCUT2D eigenvalue weighted by Gasteiger charge is 2.41. The maximum atomic E-state index is 15.4. The third kappa shape index (κ3) is 31.5. The van der Waals surface area contributed by atoms with Gasteiger partial charge < -0.3 is 128 Å². The maximum absolute atomic E-state index is 15.4. The van der Waals surface area contributed by atoms with Crippen molar-refractivity contribution in [2.75, 3.05) is 57.4 Å². The molecule has 0 bridgehead atoms. The number of para-hydroxylation sites is 1. The second-order valence-corrected chi connectivity index (χ2v) is 29.2. The first-order valence-electron chi connectivity index (χ1n) is 39.1. The van der Waals surface area contributed by atoms with Crippen molar-refractivity contribution in [3.63, 3.8) is 0 Å². The number of hydrogen-bond acceptors (Lipinski definition) is 25. The van der Waals surface area contributed by atoms with Crippen LogP contribution in [0.3, 0.4) is 0 Å². The van der Waals surface area contributed by atoms with Crippen LogP contribution in [0.2, 0.25) is 0 Å². The van der Waals surface area contributed by atoms with Gasteiger partial charge in [0, 0.05) is 60.8 Å². The summed E-state index contributed by atoms with van der Waals surface area (Å²) in [5.41, 5.74) is 37.1. The monoisotopic (exact) mass is 1710 g/mol. The first-order chi connectivity index (χ1) is 57.3. The van der Waals surface area contributed by atoms with E-state index in [0.29, 0.717) is 50.9 Å². The molecule has 0 saturated heterocycles. The standard InChI is InChI=1S/C79H114N20O19S2/c1-4-98(65(105)38-83)62(84)40-99(61(43-120)79(117)118)78(116)59(41-100)95-77(115)67(45(3)102)97-74(112)56(34-48-24-12-7-13-25-48)94-76(114)66(44(2)101)96-69(107)53(29-17-19-31-81)88-72(110)57(35-49-39-86-51-27-15-14-26-50(49)51)92-71(109)55(33-47-22-10-6-11-23-47)90-70(108)54(32-46-20-8-5-9-21-46)91-73(111)58(36-63(85)103)93-68(106)52(28-16-18-30-80)89-75(113)60(42-119)87-64(104)37-82/h5-15,20-27,39,44-45,52-62,66-67,86,100-102,119-120H,4,16-19,28-38,40-43,80-84H2,1-3H3,(H2,85,103)(H,87,104)(H,88,110)(H,89,113)(H,90,108)(H,91,111)(H,92,109)(H,93,106)(H,94,114)(H,95,115)(H,96,107)(H,97,112)(H,117,118)/t44-,45-,52+,53+,54+,55+,56+,57-,58+,59+,60+,61+,62?,66+,67+/m1/s1. The number of nitrogens with two attached hydrogens (primary N) is 6. The number of primary amides is 1. The van der Waals surface area contributed by atoms with E-state index in [0.717, 1.165) is 18.7 Å². The zero-order valence-electron chi connectivity index (χ0n) is 67.0. The van der Waals surface area contributed by atoms with Crippen LogP contribution < -0.4 is 92.9 Å². The highest BCUT2D eigenvalue weighted by molar-refractivity contribution is 7.80. The SMILES string of the molecule is CCN(C(=O)CN)C(N)CN(C(=O)[C@H](CO)NC(=O)[C@@H](NC(=O)[C@H](Cc1ccccc1)NC(=O)[C@@H](NC(=O)[C@H](CCCCN)NC(=O)[C@@H](Cc1c[nH]c2ccccc12)NC(=O)[C@H](Cc1ccccc1)NC(=O)[C@H](Cc1ccccc1)NC(=O)[C@H](CC(N)=O)NC(=O)[C@H](CCCCN)NC(=O)[C@H](CS)NC(=O)CN)[C@@H](C)O)[C@@H](C)O)[C@@H](CS)C(=O)O. The van der Waals surface area contributed by atoms with E-state index in [2.05, 4.69) is 88.7 Å². The number of unbranched alkanes of at least 4 members (excludes halogenated alkanes) is 2. The minimum atomic E-state index is -2.00. The number of carbonyl (C=O) groups excluding carboxylic acids is 14. The highest BCUT2D eigenvalue weighted by atomic mass is 32.1. The van der Waals surface area contributed by atoms with Crippen LogP contribution in [0.25, 0.3) is 10.9 Å². The predicted molar refractivity (Wildman–Crippen MR) is 448 cm³/mol. The quantitative estimate of drug-likeness (QED) is 0.00978. The number of rotatable bonds is 53. The lowest BCUT2D eigenvalue weighted by molar-refractivity contribution is -0.152. The summed E-state index contributed by atoms with van der Waals surface area (Å²) in [6.45, 7) is 1.26. The van der Waals surface area contributed by atoms with E-state index in [9.17, 15) is 78.0 Å². The molecule has 28 N–H and O–H groups in total. The molecule has 1 aromatic heterocycles. The normalized spacial score (nSPS) is 14.9. The number of carboxylic acid groups (broad SMARTS) is 1. The summed E-state index contributed by atoms with van der Waals surface area (Å²) in [6, 6.07) is 11.4. The van der Waals surface area contributed by atoms with E-state index in [1.165, 1.54) is 0 Å². The van der Waals surface area contributed by atoms with Gasteiger partial charge in [-0.1, -0.05) is 109 Å². The van der Waals surface area contributed by atoms with Gasteiger partial charge in [0.25, 0.3) is 0 Å². The first-order valence-corrected chi connectivity index (χ1v) is 40.4. The topological polar surface area (TPSA) is 648 Å². The minimum absolute atomic E-state index is 0.0185. The number of carboxylic acids is 1. The highest BCUT2D eigenvalue weighted by Crippen LogP contribution is 2.21. The molecule has 1 heterocycles. The average Bonchev–Trinajstić information content (AvgIpc) is 1.68. The number of aromatic nitrogens is 1. The fourth-order valence-electron chi connectivity index (χ4n) is 12.8. The fourth-order valence-corrected chi connectivity index (χ4v) is 13.5. The van der Waals surface area contributed by atoms with Crippen LogP contribution in [-0.2, 0) is 97.6 Å². The van der Waals surface area contributed by atoms with Crippen LogP contribution in [0.4, 0.5) is 0 Å². The number of likely N-dealkylation sites (N-methyl/N-ethyl adjacent to an activating group) is 1. The van der Waals surface area contributed by atoms with Gasteiger partial charge in [-0.05, 0) is 101 Å². The molecule has 120 heavy (non-hydrogen) atoms. The first kappa shape index (κ1) is 99.4. The Morgan fingerprint density at radius 2 is 0.833 bits per heavy atom. The van der Waals surface area contributed by atoms with Crippen LogP contribution in [0.5, 0.6) is 0 Å². The van der Waals surface area contributed by atoms with Crippen molar-refractivity contribution in [1.29, 1.82) is 0 Å². The summed E-state index contributed by atoms with van der Waals surface area (Å²) in [5, 5.41) is 71.6. The zero-order chi connectivity index (χ0) is 88.7. The van der Waals surface area contributed by atoms with Gasteiger partial charge in [0.1, 0.15) is 72.5 Å². The number of H-pyrrole nitrogens is 1. The third-order valence-corrected chi connectivity index (χ3v) is 20.1. The Labute approximate surface area is 704 Å². The summed E-state index contributed by atoms with van der Waals surface area (Å²) in [6.07, 6.45) is -4.42. The van der Waals surface area contributed by atoms with Gasteiger partial charge in [-0.15, -0.1) is 0 Å². The summed E-state index contributed by atoms with van der Waals surface area (Å²) in [7, 11) is 0. The number of nitrogens with zero attached hydrogens (tertiary/aromatic N) is 2. The van der Waals surface area contributed by atoms with E-state index in [-0.39, 0.29) is 76.8 Å². The number of aromatic amines is 1. The summed E-state index contributed by atoms with van der Waals surface area (Å²) >= 11 is 8.25. The summed E-state index contributed by atoms with van der Waals surface area (Å²) in [5.74, 6) is -16.5. The molecule has 0 spiro atoms. The van der Waals surface area contributed by atoms with Crippen LogP contribution in [0.15, 0.2) is 121 Å². The number of nitrogens with one attached hydrogen (secondary N) is 12. The Morgan fingerprint density at radius 3 is 1.23 bits per heavy atom. The van der Waals surface area contributed by atoms with Crippen LogP contribution in [0, 0.1) is 0 Å². The van der Waals surface area contributed by atoms with Gasteiger partial charge in [-0.2, -0.15) is 25.3 Å². The largest absolute Gasteiger partial charge is 0.480 e. The third-order valence-electron chi connectivity index (χ3n) is 19.4. The number of benzene rings is 4. The molecule has 0 aliphatic rings. The van der Waals surface area contributed by atoms with Gasteiger partial charge in [-0.3, -0.25) is 67.1 Å². The van der Waals surface area contributed by atoms with Gasteiger partial charge in [-0.25, -0.2) is 4.79 Å². The number of thiol groups is 2. The predicted octanol–water partition coefficient (Wildman–Crippen LogP) is -6.15. The van der Waals surface area contributed by atoms with Crippen molar-refractivity contribution in [2.45, 2.75) is 182 Å². The molecular formula is C79H114N20O19S2. The fraction of sp³-hybridized carbons (Fsp3) is 0.481. The van der Waals surface area contributed by atoms with Crippen molar-refractivity contribution in [3.05, 3.63) is 144 Å². The molecule has 0 radical (unpaired) electrons. The molecule has 656 valence electrons. The van der Waals surface area contributed by atoms with Crippen molar-refractivity contribution in [2.24, 2.45) is 34.4 Å². The van der Waals surface area contributed by atoms with E-state index < -0.39 is 218 Å². The summed E-state index contributed by atoms with van der Waals surface area (Å²) in [4.78, 5) is 216. The molecule has 1 unspecified atom stereocenters. The van der Waals surface area contributed by atoms with E-state index in [1.807, 2.05) is 0 Å². The smallest absolute Gasteiger partial charge is 0.327 e. The Balaban J connectivity index is 1.48. The molecule has 0 aliphatic carbocycles. The van der Waals surface area contributed by atoms with Crippen molar-refractivity contribution in [3.8, 4) is 0 Å². The number of aliphatic hydroxyl groups is 3. The van der Waals surface area contributed by atoms with E-state index >= 15 is 14.4 Å². The molecule has 41 heteroatoms. The van der Waals surface area contributed by atoms with Gasteiger partial charge in [0.05, 0.1) is 51.0 Å². The Hall–Kier alpha value is -11.1. The number of carbonyl (C=O) groups is 15. The van der Waals surface area contributed by atoms with Crippen molar-refractivity contribution < 1.29 is 92.3 Å². The minimum Gasteiger partial charge on any atom is -0.480 e. The number of hydrogen-bond donors (Lipinski definition) is 24. The molecule has 0 aliphatic heterocycles. The average molecular weight is 1710 g/mol. The molecular weight excluding hydrogens is 1600 g/mol. The molecule has 4 aromatic carbocycles. The molecule has 5 rings (SSSR count). The Bertz CT molecular complexity index is 4230. The van der Waals surface area contributed by atoms with Gasteiger partial charge in [0.2, 0.25) is 82.7 Å². The van der Waals surface area contributed by atoms with Crippen LogP contribution >= 0.6 is 25.3 Å². The zero-order valence-corrected chi connectivity index (χ0v) is 68.8. The number of aliphatic carboxylic acids is 1. The van der Waals surface area contributed by atoms with Gasteiger partial charge >= 0.3 is 5.97 Å². The molecule has 0 fully saturated rings. The lowest BCUT2D eigenvalue weighted by atomic mass is 10.00. The molecule has 5 aromatic rings. The van der Waals surface area contributed by atoms with Crippen molar-refractivity contribution >= 4 is 125 Å². The van der Waals surface area contributed by atoms with E-state index in [4.69, 9.17) is 34.4 Å². The van der Waals surface area contributed by atoms with Crippen LogP contribution in [0.1, 0.15) is 88.0 Å². The molecule has 39 nitrogen and oxygen atoms in total. The number of amides is 14. The Kier molecular flexibility index (Phi) is 42.5. The lowest BCUT2D eigenvalue weighted by Crippen LogP contribution is -2.64.